The first-order valence-electron chi connectivity index (χ1n) is 4.98. The molecule has 2 nitrogen and oxygen atoms in total. The maximum absolute atomic E-state index is 12.4. The summed E-state index contributed by atoms with van der Waals surface area (Å²) in [6, 6.07) is -0.167. The van der Waals surface area contributed by atoms with Gasteiger partial charge < -0.3 is 11.1 Å². The minimum atomic E-state index is -4.13. The second kappa shape index (κ2) is 4.06. The maximum atomic E-state index is 12.4. The van der Waals surface area contributed by atoms with E-state index in [4.69, 9.17) is 5.73 Å². The lowest BCUT2D eigenvalue weighted by Crippen LogP contribution is -2.49. The highest BCUT2D eigenvalue weighted by molar-refractivity contribution is 5.08. The number of hydrogen-bond acceptors (Lipinski definition) is 2. The molecule has 0 saturated heterocycles. The lowest BCUT2D eigenvalue weighted by atomic mass is 10.1. The molecule has 0 spiro atoms. The van der Waals surface area contributed by atoms with Crippen molar-refractivity contribution in [3.05, 3.63) is 0 Å². The van der Waals surface area contributed by atoms with Gasteiger partial charge in [0.2, 0.25) is 0 Å². The van der Waals surface area contributed by atoms with Crippen molar-refractivity contribution in [1.82, 2.24) is 5.32 Å². The van der Waals surface area contributed by atoms with Gasteiger partial charge in [0.05, 0.1) is 0 Å². The summed E-state index contributed by atoms with van der Waals surface area (Å²) < 4.78 is 37.3. The molecule has 0 radical (unpaired) electrons. The highest BCUT2D eigenvalue weighted by Crippen LogP contribution is 2.48. The Labute approximate surface area is 82.0 Å². The van der Waals surface area contributed by atoms with E-state index in [0.29, 0.717) is 0 Å². The monoisotopic (exact) mass is 210 g/mol. The van der Waals surface area contributed by atoms with E-state index in [9.17, 15) is 13.2 Å². The zero-order chi connectivity index (χ0) is 10.8. The lowest BCUT2D eigenvalue weighted by Gasteiger charge is -2.22. The Morgan fingerprint density at radius 2 is 2.00 bits per heavy atom. The average Bonchev–Trinajstić information content (AvgIpc) is 2.80. The third-order valence-corrected chi connectivity index (χ3v) is 2.65. The van der Waals surface area contributed by atoms with Crippen LogP contribution in [0.3, 0.4) is 0 Å². The molecule has 1 atom stereocenters. The van der Waals surface area contributed by atoms with Gasteiger partial charge in [-0.3, -0.25) is 0 Å². The van der Waals surface area contributed by atoms with Crippen molar-refractivity contribution >= 4 is 0 Å². The van der Waals surface area contributed by atoms with E-state index in [0.717, 1.165) is 12.8 Å². The molecule has 1 fully saturated rings. The van der Waals surface area contributed by atoms with Crippen molar-refractivity contribution in [1.29, 1.82) is 0 Å². The molecule has 0 aromatic rings. The van der Waals surface area contributed by atoms with Crippen LogP contribution >= 0.6 is 0 Å². The van der Waals surface area contributed by atoms with Crippen LogP contribution in [-0.2, 0) is 0 Å². The number of hydrogen-bond donors (Lipinski definition) is 2. The van der Waals surface area contributed by atoms with Crippen LogP contribution < -0.4 is 11.1 Å². The SMILES string of the molecule is CCCC(N)CNC1(C(F)(F)F)CC1. The van der Waals surface area contributed by atoms with Gasteiger partial charge in [0.1, 0.15) is 5.54 Å². The summed E-state index contributed by atoms with van der Waals surface area (Å²) in [5, 5.41) is 2.54. The van der Waals surface area contributed by atoms with Crippen LogP contribution in [0.25, 0.3) is 0 Å². The number of nitrogens with two attached hydrogens (primary N) is 1. The molecule has 0 bridgehead atoms. The van der Waals surface area contributed by atoms with Crippen LogP contribution in [0.5, 0.6) is 0 Å². The van der Waals surface area contributed by atoms with Crippen LogP contribution in [0.2, 0.25) is 0 Å². The second-order valence-corrected chi connectivity index (χ2v) is 4.01. The van der Waals surface area contributed by atoms with Crippen LogP contribution in [-0.4, -0.2) is 24.3 Å². The van der Waals surface area contributed by atoms with Crippen molar-refractivity contribution < 1.29 is 13.2 Å². The quantitative estimate of drug-likeness (QED) is 0.726. The van der Waals surface area contributed by atoms with Crippen molar-refractivity contribution in [2.45, 2.75) is 50.4 Å². The molecular weight excluding hydrogens is 193 g/mol. The maximum Gasteiger partial charge on any atom is 0.406 e. The number of rotatable bonds is 5. The molecule has 84 valence electrons. The molecule has 0 amide bonds. The van der Waals surface area contributed by atoms with Crippen LogP contribution in [0.1, 0.15) is 32.6 Å². The number of nitrogens with one attached hydrogen (secondary N) is 1. The summed E-state index contributed by atoms with van der Waals surface area (Å²) in [5.74, 6) is 0. The Kier molecular flexibility index (Phi) is 3.42. The van der Waals surface area contributed by atoms with Gasteiger partial charge in [-0.15, -0.1) is 0 Å². The highest BCUT2D eigenvalue weighted by Gasteiger charge is 2.62. The fraction of sp³-hybridized carbons (Fsp3) is 1.00. The fourth-order valence-corrected chi connectivity index (χ4v) is 1.48. The first-order chi connectivity index (χ1) is 6.41. The largest absolute Gasteiger partial charge is 0.406 e. The Hall–Kier alpha value is -0.290. The molecule has 0 aliphatic heterocycles. The van der Waals surface area contributed by atoms with E-state index < -0.39 is 11.7 Å². The van der Waals surface area contributed by atoms with E-state index in [1.165, 1.54) is 0 Å². The average molecular weight is 210 g/mol. The van der Waals surface area contributed by atoms with Gasteiger partial charge in [-0.05, 0) is 19.3 Å². The van der Waals surface area contributed by atoms with E-state index >= 15 is 0 Å². The summed E-state index contributed by atoms with van der Waals surface area (Å²) >= 11 is 0. The fourth-order valence-electron chi connectivity index (χ4n) is 1.48. The molecule has 1 unspecified atom stereocenters. The third-order valence-electron chi connectivity index (χ3n) is 2.65. The summed E-state index contributed by atoms with van der Waals surface area (Å²) in [4.78, 5) is 0. The van der Waals surface area contributed by atoms with Crippen molar-refractivity contribution in [2.75, 3.05) is 6.54 Å². The third kappa shape index (κ3) is 2.60. The molecule has 0 aromatic heterocycles. The normalized spacial score (nSPS) is 22.1. The molecule has 5 heteroatoms. The predicted octanol–water partition coefficient (Wildman–Crippen LogP) is 1.80. The van der Waals surface area contributed by atoms with Crippen molar-refractivity contribution in [3.63, 3.8) is 0 Å². The van der Waals surface area contributed by atoms with E-state index in [-0.39, 0.29) is 25.4 Å². The summed E-state index contributed by atoms with van der Waals surface area (Å²) in [5.41, 5.74) is 4.02. The van der Waals surface area contributed by atoms with Crippen LogP contribution in [0.15, 0.2) is 0 Å². The summed E-state index contributed by atoms with van der Waals surface area (Å²) in [6.07, 6.45) is -2.08. The molecule has 1 aliphatic carbocycles. The topological polar surface area (TPSA) is 38.0 Å². The van der Waals surface area contributed by atoms with Gasteiger partial charge in [-0.1, -0.05) is 13.3 Å². The van der Waals surface area contributed by atoms with Crippen LogP contribution in [0, 0.1) is 0 Å². The standard InChI is InChI=1S/C9H17F3N2/c1-2-3-7(13)6-14-8(4-5-8)9(10,11)12/h7,14H,2-6,13H2,1H3. The van der Waals surface area contributed by atoms with E-state index in [1.807, 2.05) is 6.92 Å². The summed E-state index contributed by atoms with van der Waals surface area (Å²) in [6.45, 7) is 2.23. The zero-order valence-electron chi connectivity index (χ0n) is 8.32. The van der Waals surface area contributed by atoms with Crippen LogP contribution in [0.4, 0.5) is 13.2 Å². The van der Waals surface area contributed by atoms with Gasteiger partial charge >= 0.3 is 6.18 Å². The first kappa shape index (κ1) is 11.8. The number of alkyl halides is 3. The van der Waals surface area contributed by atoms with Gasteiger partial charge in [-0.2, -0.15) is 13.2 Å². The molecular formula is C9H17F3N2. The lowest BCUT2D eigenvalue weighted by molar-refractivity contribution is -0.165. The Balaban J connectivity index is 2.31. The van der Waals surface area contributed by atoms with Crippen molar-refractivity contribution in [3.8, 4) is 0 Å². The van der Waals surface area contributed by atoms with Gasteiger partial charge in [0.15, 0.2) is 0 Å². The molecule has 0 aromatic carbocycles. The predicted molar refractivity (Wildman–Crippen MR) is 48.9 cm³/mol. The minimum absolute atomic E-state index is 0.167. The molecule has 1 aliphatic rings. The van der Waals surface area contributed by atoms with Gasteiger partial charge in [0.25, 0.3) is 0 Å². The highest BCUT2D eigenvalue weighted by atomic mass is 19.4. The second-order valence-electron chi connectivity index (χ2n) is 4.01. The molecule has 3 N–H and O–H groups in total. The van der Waals surface area contributed by atoms with Gasteiger partial charge in [-0.25, -0.2) is 0 Å². The minimum Gasteiger partial charge on any atom is -0.327 e. The van der Waals surface area contributed by atoms with E-state index in [2.05, 4.69) is 5.32 Å². The zero-order valence-corrected chi connectivity index (χ0v) is 8.32. The molecule has 1 saturated carbocycles. The van der Waals surface area contributed by atoms with E-state index in [1.54, 1.807) is 0 Å². The smallest absolute Gasteiger partial charge is 0.327 e. The summed E-state index contributed by atoms with van der Waals surface area (Å²) in [7, 11) is 0. The Morgan fingerprint density at radius 3 is 2.36 bits per heavy atom. The Morgan fingerprint density at radius 1 is 1.43 bits per heavy atom. The molecule has 0 heterocycles. The Bertz CT molecular complexity index is 187. The number of halogens is 3. The first-order valence-corrected chi connectivity index (χ1v) is 4.98. The molecule has 1 rings (SSSR count). The molecule has 14 heavy (non-hydrogen) atoms. The van der Waals surface area contributed by atoms with Gasteiger partial charge in [0, 0.05) is 12.6 Å². The van der Waals surface area contributed by atoms with Crippen molar-refractivity contribution in [2.24, 2.45) is 5.73 Å².